The van der Waals surface area contributed by atoms with Gasteiger partial charge in [-0.25, -0.2) is 9.48 Å². The number of nitrogens with one attached hydrogen (secondary N) is 1. The van der Waals surface area contributed by atoms with Gasteiger partial charge in [-0.05, 0) is 37.8 Å². The Labute approximate surface area is 252 Å². The maximum Gasteiger partial charge on any atom is 0.490 e. The Morgan fingerprint density at radius 2 is 1.73 bits per heavy atom. The highest BCUT2D eigenvalue weighted by molar-refractivity contribution is 5.98. The highest BCUT2D eigenvalue weighted by Gasteiger charge is 2.38. The van der Waals surface area contributed by atoms with Crippen LogP contribution in [0.1, 0.15) is 61.7 Å². The summed E-state index contributed by atoms with van der Waals surface area (Å²) in [5.74, 6) is -1.63. The van der Waals surface area contributed by atoms with Crippen molar-refractivity contribution in [1.29, 1.82) is 5.41 Å². The molecule has 12 nitrogen and oxygen atoms in total. The van der Waals surface area contributed by atoms with E-state index in [0.29, 0.717) is 43.3 Å². The van der Waals surface area contributed by atoms with Crippen LogP contribution in [-0.4, -0.2) is 82.4 Å². The molecule has 2 aromatic heterocycles. The fourth-order valence-corrected chi connectivity index (χ4v) is 4.78. The van der Waals surface area contributed by atoms with Gasteiger partial charge in [-0.3, -0.25) is 10.2 Å². The number of carboxylic acid groups (broad SMARTS) is 1. The molecule has 1 aliphatic heterocycles. The van der Waals surface area contributed by atoms with Crippen molar-refractivity contribution in [3.05, 3.63) is 40.0 Å². The number of ether oxygens (including phenoxy) is 3. The van der Waals surface area contributed by atoms with Crippen LogP contribution in [-0.2, 0) is 27.9 Å². The van der Waals surface area contributed by atoms with Gasteiger partial charge in [0.1, 0.15) is 12.3 Å². The Kier molecular flexibility index (Phi) is 10.7. The lowest BCUT2D eigenvalue weighted by molar-refractivity contribution is -0.192. The second kappa shape index (κ2) is 13.7. The number of methoxy groups -OCH3 is 1. The molecule has 1 aromatic carbocycles. The summed E-state index contributed by atoms with van der Waals surface area (Å²) in [5.41, 5.74) is 4.61. The van der Waals surface area contributed by atoms with Crippen LogP contribution < -0.4 is 20.0 Å². The third-order valence-corrected chi connectivity index (χ3v) is 7.02. The average molecular weight is 625 g/mol. The summed E-state index contributed by atoms with van der Waals surface area (Å²) in [7, 11) is 1.67. The SMILES string of the molecule is CCOc1nn2c(=N)n(CC(=O)c3cc(N4CCOCC4)c(OC)c(C(C)(C)C)c3)nc2c(CC)c1C.O=C(O)C(F)(F)F. The molecule has 15 heteroatoms. The van der Waals surface area contributed by atoms with E-state index in [-0.39, 0.29) is 23.4 Å². The minimum absolute atomic E-state index is 0.0250. The molecule has 0 bridgehead atoms. The molecule has 1 aliphatic rings. The first-order chi connectivity index (χ1) is 20.5. The number of hydrogen-bond donors (Lipinski definition) is 2. The highest BCUT2D eigenvalue weighted by atomic mass is 19.4. The van der Waals surface area contributed by atoms with E-state index in [2.05, 4.69) is 35.9 Å². The van der Waals surface area contributed by atoms with Crippen LogP contribution in [0.4, 0.5) is 18.9 Å². The van der Waals surface area contributed by atoms with E-state index in [1.807, 2.05) is 32.9 Å². The number of hydrogen-bond acceptors (Lipinski definition) is 9. The Morgan fingerprint density at radius 3 is 2.23 bits per heavy atom. The molecule has 3 heterocycles. The van der Waals surface area contributed by atoms with Crippen molar-refractivity contribution in [1.82, 2.24) is 19.4 Å². The van der Waals surface area contributed by atoms with Gasteiger partial charge in [-0.15, -0.1) is 10.2 Å². The number of rotatable bonds is 8. The van der Waals surface area contributed by atoms with Gasteiger partial charge in [-0.2, -0.15) is 17.7 Å². The van der Waals surface area contributed by atoms with Gasteiger partial charge >= 0.3 is 12.1 Å². The van der Waals surface area contributed by atoms with Gasteiger partial charge in [0.2, 0.25) is 11.5 Å². The number of fused-ring (bicyclic) bond motifs is 1. The van der Waals surface area contributed by atoms with E-state index in [1.165, 1.54) is 9.20 Å². The molecule has 0 unspecified atom stereocenters. The number of ketones is 1. The molecule has 44 heavy (non-hydrogen) atoms. The number of aliphatic carboxylic acids is 1. The second-order valence-electron chi connectivity index (χ2n) is 11.1. The molecular weight excluding hydrogens is 585 g/mol. The molecule has 242 valence electrons. The zero-order chi connectivity index (χ0) is 33.0. The maximum atomic E-state index is 13.7. The monoisotopic (exact) mass is 624 g/mol. The third-order valence-electron chi connectivity index (χ3n) is 7.02. The van der Waals surface area contributed by atoms with Crippen LogP contribution in [0.2, 0.25) is 0 Å². The first-order valence-corrected chi connectivity index (χ1v) is 14.1. The first kappa shape index (κ1) is 34.4. The van der Waals surface area contributed by atoms with Gasteiger partial charge in [0.05, 0.1) is 32.6 Å². The second-order valence-corrected chi connectivity index (χ2v) is 11.1. The summed E-state index contributed by atoms with van der Waals surface area (Å²) < 4.78 is 51.7. The van der Waals surface area contributed by atoms with Crippen molar-refractivity contribution >= 4 is 23.1 Å². The summed E-state index contributed by atoms with van der Waals surface area (Å²) >= 11 is 0. The lowest BCUT2D eigenvalue weighted by Gasteiger charge is -2.33. The molecule has 0 spiro atoms. The summed E-state index contributed by atoms with van der Waals surface area (Å²) in [4.78, 5) is 24.8. The van der Waals surface area contributed by atoms with Gasteiger partial charge in [0.25, 0.3) is 0 Å². The van der Waals surface area contributed by atoms with E-state index < -0.39 is 12.1 Å². The van der Waals surface area contributed by atoms with E-state index in [0.717, 1.165) is 41.2 Å². The molecule has 4 rings (SSSR count). The molecule has 0 saturated carbocycles. The Bertz CT molecular complexity index is 1570. The van der Waals surface area contributed by atoms with Crippen molar-refractivity contribution in [2.24, 2.45) is 0 Å². The minimum Gasteiger partial charge on any atom is -0.494 e. The van der Waals surface area contributed by atoms with Crippen LogP contribution in [0.5, 0.6) is 11.6 Å². The number of halogens is 3. The zero-order valence-electron chi connectivity index (χ0n) is 26.0. The number of carbonyl (C=O) groups is 2. The largest absolute Gasteiger partial charge is 0.494 e. The average Bonchev–Trinajstić information content (AvgIpc) is 3.26. The van der Waals surface area contributed by atoms with Crippen molar-refractivity contribution < 1.29 is 42.1 Å². The Morgan fingerprint density at radius 1 is 1.11 bits per heavy atom. The molecule has 3 aromatic rings. The summed E-state index contributed by atoms with van der Waals surface area (Å²) in [6, 6.07) is 3.81. The summed E-state index contributed by atoms with van der Waals surface area (Å²) in [6.07, 6.45) is -4.38. The number of aryl methyl sites for hydroxylation is 1. The Balaban J connectivity index is 0.000000676. The smallest absolute Gasteiger partial charge is 0.490 e. The van der Waals surface area contributed by atoms with Crippen molar-refractivity contribution in [2.45, 2.75) is 66.1 Å². The van der Waals surface area contributed by atoms with Gasteiger partial charge in [-0.1, -0.05) is 27.7 Å². The molecule has 0 amide bonds. The fourth-order valence-electron chi connectivity index (χ4n) is 4.78. The first-order valence-electron chi connectivity index (χ1n) is 14.1. The zero-order valence-corrected chi connectivity index (χ0v) is 26.0. The standard InChI is InChI=1S/C27H38N6O4.C2HF3O2/c1-8-19-17(3)25(37-9-2)30-33-24(19)29-32(26(33)28)16-22(34)18-14-20(27(4,5)6)23(35-7)21(15-18)31-10-12-36-13-11-31;3-2(4,5)1(6)7/h14-15,28H,8-13,16H2,1-7H3;(H,6,7). The van der Waals surface area contributed by atoms with Crippen LogP contribution >= 0.6 is 0 Å². The van der Waals surface area contributed by atoms with Crippen molar-refractivity contribution in [3.63, 3.8) is 0 Å². The predicted molar refractivity (Wildman–Crippen MR) is 155 cm³/mol. The summed E-state index contributed by atoms with van der Waals surface area (Å²) in [5, 5.41) is 25.0. The van der Waals surface area contributed by atoms with Gasteiger partial charge in [0.15, 0.2) is 11.4 Å². The van der Waals surface area contributed by atoms with E-state index in [4.69, 9.17) is 29.5 Å². The number of carbonyl (C=O) groups excluding carboxylic acids is 1. The summed E-state index contributed by atoms with van der Waals surface area (Å²) in [6.45, 7) is 15.3. The molecule has 0 radical (unpaired) electrons. The van der Waals surface area contributed by atoms with E-state index in [9.17, 15) is 18.0 Å². The quantitative estimate of drug-likeness (QED) is 0.356. The predicted octanol–water partition coefficient (Wildman–Crippen LogP) is 3.94. The molecule has 2 N–H and O–H groups in total. The minimum atomic E-state index is -5.08. The maximum absolute atomic E-state index is 13.7. The third kappa shape index (κ3) is 7.49. The lowest BCUT2D eigenvalue weighted by Crippen LogP contribution is -2.37. The lowest BCUT2D eigenvalue weighted by atomic mass is 9.84. The fraction of sp³-hybridized carbons (Fsp3) is 0.552. The van der Waals surface area contributed by atoms with Crippen LogP contribution in [0, 0.1) is 12.3 Å². The highest BCUT2D eigenvalue weighted by Crippen LogP contribution is 2.40. The number of carboxylic acids is 1. The van der Waals surface area contributed by atoms with E-state index in [1.54, 1.807) is 7.11 Å². The van der Waals surface area contributed by atoms with Crippen molar-refractivity contribution in [2.75, 3.05) is 44.9 Å². The van der Waals surface area contributed by atoms with Crippen LogP contribution in [0.25, 0.3) is 5.65 Å². The molecule has 0 aliphatic carbocycles. The number of nitrogens with zero attached hydrogens (tertiary/aromatic N) is 5. The molecule has 1 fully saturated rings. The number of anilines is 1. The number of alkyl halides is 3. The topological polar surface area (TPSA) is 144 Å². The van der Waals surface area contributed by atoms with E-state index >= 15 is 0 Å². The normalized spacial score (nSPS) is 13.8. The molecular formula is C29H39F3N6O6. The van der Waals surface area contributed by atoms with Gasteiger partial charge in [0, 0.05) is 35.3 Å². The number of benzene rings is 1. The number of morpholine rings is 1. The van der Waals surface area contributed by atoms with Crippen LogP contribution in [0.3, 0.4) is 0 Å². The van der Waals surface area contributed by atoms with Crippen LogP contribution in [0.15, 0.2) is 12.1 Å². The number of Topliss-reactive ketones (excluding diaryl/α,β-unsaturated/α-hetero) is 1. The number of aromatic nitrogens is 4. The molecule has 0 atom stereocenters. The van der Waals surface area contributed by atoms with Crippen molar-refractivity contribution in [3.8, 4) is 11.6 Å². The molecule has 1 saturated heterocycles. The Hall–Kier alpha value is -4.14. The van der Waals surface area contributed by atoms with Gasteiger partial charge < -0.3 is 24.2 Å².